The van der Waals surface area contributed by atoms with E-state index in [-0.39, 0.29) is 22.7 Å². The lowest BCUT2D eigenvalue weighted by Crippen LogP contribution is -2.70. The van der Waals surface area contributed by atoms with Crippen LogP contribution in [-0.2, 0) is 9.53 Å². The number of aliphatic hydroxyl groups is 2. The Morgan fingerprint density at radius 1 is 1.23 bits per heavy atom. The molecule has 2 aliphatic carbocycles. The lowest BCUT2D eigenvalue weighted by molar-refractivity contribution is -0.270. The van der Waals surface area contributed by atoms with E-state index in [0.717, 1.165) is 24.8 Å². The molecule has 2 N–H and O–H groups in total. The number of carbonyl (C=O) groups excluding carboxylic acids is 1. The third kappa shape index (κ3) is 3.50. The number of aliphatic hydroxyl groups excluding tert-OH is 1. The van der Waals surface area contributed by atoms with Gasteiger partial charge in [0.2, 0.25) is 0 Å². The Balaban J connectivity index is 2.56. The van der Waals surface area contributed by atoms with E-state index in [1.165, 1.54) is 6.92 Å². The summed E-state index contributed by atoms with van der Waals surface area (Å²) in [7, 11) is 0. The van der Waals surface area contributed by atoms with Crippen LogP contribution in [0.3, 0.4) is 0 Å². The minimum Gasteiger partial charge on any atom is -0.459 e. The van der Waals surface area contributed by atoms with Gasteiger partial charge in [-0.25, -0.2) is 0 Å². The predicted molar refractivity (Wildman–Crippen MR) is 103 cm³/mol. The second kappa shape index (κ2) is 7.12. The van der Waals surface area contributed by atoms with Crippen LogP contribution < -0.4 is 0 Å². The highest BCUT2D eigenvalue weighted by Gasteiger charge is 2.66. The summed E-state index contributed by atoms with van der Waals surface area (Å²) in [4.78, 5) is 11.8. The molecule has 0 heterocycles. The largest absolute Gasteiger partial charge is 0.459 e. The van der Waals surface area contributed by atoms with Crippen LogP contribution in [0.15, 0.2) is 24.3 Å². The number of allylic oxidation sites excluding steroid dienone is 3. The second-order valence-electron chi connectivity index (χ2n) is 9.51. The molecule has 2 aliphatic rings. The lowest BCUT2D eigenvalue weighted by Gasteiger charge is -2.64. The van der Waals surface area contributed by atoms with Gasteiger partial charge in [0.05, 0.1) is 5.60 Å². The fourth-order valence-corrected chi connectivity index (χ4v) is 5.95. The molecule has 6 atom stereocenters. The number of fused-ring (bicyclic) bond motifs is 1. The van der Waals surface area contributed by atoms with Gasteiger partial charge in [-0.15, -0.1) is 0 Å². The van der Waals surface area contributed by atoms with E-state index in [1.54, 1.807) is 13.0 Å². The molecule has 0 aliphatic heterocycles. The Labute approximate surface area is 158 Å². The summed E-state index contributed by atoms with van der Waals surface area (Å²) in [6.45, 7) is 15.5. The van der Waals surface area contributed by atoms with E-state index in [9.17, 15) is 15.0 Å². The van der Waals surface area contributed by atoms with Gasteiger partial charge in [-0.1, -0.05) is 51.5 Å². The summed E-state index contributed by atoms with van der Waals surface area (Å²) in [5, 5.41) is 22.4. The van der Waals surface area contributed by atoms with Crippen molar-refractivity contribution in [3.8, 4) is 0 Å². The molecule has 0 bridgehead atoms. The van der Waals surface area contributed by atoms with E-state index in [0.29, 0.717) is 6.42 Å². The Hall–Kier alpha value is -1.13. The van der Waals surface area contributed by atoms with Gasteiger partial charge in [-0.2, -0.15) is 0 Å². The van der Waals surface area contributed by atoms with Crippen molar-refractivity contribution in [3.63, 3.8) is 0 Å². The third-order valence-electron chi connectivity index (χ3n) is 7.13. The minimum absolute atomic E-state index is 0.00897. The molecule has 0 aromatic carbocycles. The number of hydrogen-bond acceptors (Lipinski definition) is 4. The molecule has 2 fully saturated rings. The van der Waals surface area contributed by atoms with Gasteiger partial charge in [0.1, 0.15) is 12.2 Å². The van der Waals surface area contributed by atoms with Crippen LogP contribution in [-0.4, -0.2) is 34.0 Å². The van der Waals surface area contributed by atoms with Gasteiger partial charge >= 0.3 is 5.97 Å². The van der Waals surface area contributed by atoms with Crippen LogP contribution in [0.4, 0.5) is 0 Å². The molecule has 0 aromatic rings. The first-order valence-electron chi connectivity index (χ1n) is 9.75. The number of ether oxygens (including phenoxy) is 1. The molecule has 0 aromatic heterocycles. The molecule has 0 spiro atoms. The van der Waals surface area contributed by atoms with E-state index >= 15 is 0 Å². The molecule has 0 radical (unpaired) electrons. The molecular formula is C22H36O4. The summed E-state index contributed by atoms with van der Waals surface area (Å²) >= 11 is 0. The standard InChI is InChI=1S/C22H36O4/c1-8-14(2)10-11-16-21(6)13-9-12-20(4,5)18(21)17(26-15(3)23)19(24)22(16,7)25/h8,10,16-19,24-25H,1,9,11-13H2,2-7H3/b14-10-/t16-,17-,18+,19+,21-,22+/m0/s1. The highest BCUT2D eigenvalue weighted by Crippen LogP contribution is 2.63. The lowest BCUT2D eigenvalue weighted by atomic mass is 9.43. The Bertz CT molecular complexity index is 589. The summed E-state index contributed by atoms with van der Waals surface area (Å²) < 4.78 is 5.62. The zero-order valence-electron chi connectivity index (χ0n) is 17.2. The van der Waals surface area contributed by atoms with Crippen LogP contribution in [0.2, 0.25) is 0 Å². The van der Waals surface area contributed by atoms with Gasteiger partial charge in [0, 0.05) is 12.8 Å². The second-order valence-corrected chi connectivity index (χ2v) is 9.51. The molecule has 2 rings (SSSR count). The number of hydrogen-bond donors (Lipinski definition) is 2. The zero-order valence-corrected chi connectivity index (χ0v) is 17.2. The average Bonchev–Trinajstić information content (AvgIpc) is 2.50. The maximum absolute atomic E-state index is 11.8. The van der Waals surface area contributed by atoms with Gasteiger partial charge in [-0.3, -0.25) is 4.79 Å². The van der Waals surface area contributed by atoms with E-state index in [4.69, 9.17) is 4.74 Å². The number of esters is 1. The van der Waals surface area contributed by atoms with Crippen LogP contribution in [0, 0.1) is 22.7 Å². The van der Waals surface area contributed by atoms with Gasteiger partial charge < -0.3 is 14.9 Å². The fourth-order valence-electron chi connectivity index (χ4n) is 5.95. The first-order chi connectivity index (χ1) is 11.9. The summed E-state index contributed by atoms with van der Waals surface area (Å²) in [5.41, 5.74) is -0.591. The van der Waals surface area contributed by atoms with Gasteiger partial charge in [0.15, 0.2) is 0 Å². The molecule has 148 valence electrons. The molecule has 0 saturated heterocycles. The molecular weight excluding hydrogens is 328 g/mol. The monoisotopic (exact) mass is 364 g/mol. The Morgan fingerprint density at radius 2 is 1.85 bits per heavy atom. The summed E-state index contributed by atoms with van der Waals surface area (Å²) in [6, 6.07) is 0. The van der Waals surface area contributed by atoms with Crippen molar-refractivity contribution in [2.24, 2.45) is 22.7 Å². The van der Waals surface area contributed by atoms with E-state index in [2.05, 4.69) is 33.4 Å². The number of rotatable bonds is 4. The SMILES string of the molecule is C=C/C(C)=C\C[C@@H]1[C@@](C)(O)[C@H](O)[C@@H](OC(C)=O)[C@@H]2C(C)(C)CCC[C@]21C. The van der Waals surface area contributed by atoms with Gasteiger partial charge in [-0.05, 0) is 49.9 Å². The average molecular weight is 365 g/mol. The topological polar surface area (TPSA) is 66.8 Å². The molecule has 4 nitrogen and oxygen atoms in total. The van der Waals surface area contributed by atoms with Crippen molar-refractivity contribution in [1.82, 2.24) is 0 Å². The fraction of sp³-hybridized carbons (Fsp3) is 0.773. The Morgan fingerprint density at radius 3 is 2.38 bits per heavy atom. The van der Waals surface area contributed by atoms with Crippen molar-refractivity contribution >= 4 is 5.97 Å². The molecule has 0 amide bonds. The number of carbonyl (C=O) groups is 1. The van der Waals surface area contributed by atoms with Crippen LogP contribution in [0.5, 0.6) is 0 Å². The van der Waals surface area contributed by atoms with Crippen LogP contribution in [0.1, 0.15) is 67.2 Å². The predicted octanol–water partition coefficient (Wildman–Crippen LogP) is 4.01. The van der Waals surface area contributed by atoms with Crippen molar-refractivity contribution in [3.05, 3.63) is 24.3 Å². The molecule has 26 heavy (non-hydrogen) atoms. The maximum atomic E-state index is 11.8. The quantitative estimate of drug-likeness (QED) is 0.584. The first-order valence-corrected chi connectivity index (χ1v) is 9.75. The van der Waals surface area contributed by atoms with Crippen LogP contribution in [0.25, 0.3) is 0 Å². The minimum atomic E-state index is -1.34. The summed E-state index contributed by atoms with van der Waals surface area (Å²) in [6.07, 6.45) is 5.81. The molecule has 0 unspecified atom stereocenters. The highest BCUT2D eigenvalue weighted by molar-refractivity contribution is 5.66. The van der Waals surface area contributed by atoms with Crippen molar-refractivity contribution in [1.29, 1.82) is 0 Å². The van der Waals surface area contributed by atoms with Crippen molar-refractivity contribution in [2.75, 3.05) is 0 Å². The molecule has 2 saturated carbocycles. The zero-order chi connectivity index (χ0) is 19.9. The third-order valence-corrected chi connectivity index (χ3v) is 7.13. The highest BCUT2D eigenvalue weighted by atomic mass is 16.6. The normalized spacial score (nSPS) is 42.7. The smallest absolute Gasteiger partial charge is 0.303 e. The van der Waals surface area contributed by atoms with Gasteiger partial charge in [0.25, 0.3) is 0 Å². The van der Waals surface area contributed by atoms with Crippen molar-refractivity contribution < 1.29 is 19.7 Å². The summed E-state index contributed by atoms with van der Waals surface area (Å²) in [5.74, 6) is -0.545. The molecule has 4 heteroatoms. The first kappa shape index (κ1) is 21.2. The van der Waals surface area contributed by atoms with Crippen LogP contribution >= 0.6 is 0 Å². The van der Waals surface area contributed by atoms with E-state index in [1.807, 2.05) is 6.92 Å². The van der Waals surface area contributed by atoms with E-state index < -0.39 is 23.8 Å². The Kier molecular flexibility index (Phi) is 5.80. The van der Waals surface area contributed by atoms with Crippen molar-refractivity contribution in [2.45, 2.75) is 85.0 Å². The maximum Gasteiger partial charge on any atom is 0.303 e.